The highest BCUT2D eigenvalue weighted by molar-refractivity contribution is 5.80. The van der Waals surface area contributed by atoms with E-state index in [0.717, 1.165) is 5.65 Å². The van der Waals surface area contributed by atoms with Gasteiger partial charge in [-0.25, -0.2) is 4.98 Å². The fourth-order valence-electron chi connectivity index (χ4n) is 2.59. The lowest BCUT2D eigenvalue weighted by Crippen LogP contribution is -2.20. The van der Waals surface area contributed by atoms with Crippen molar-refractivity contribution in [2.24, 2.45) is 0 Å². The number of benzene rings is 1. The van der Waals surface area contributed by atoms with Gasteiger partial charge in [-0.1, -0.05) is 30.3 Å². The van der Waals surface area contributed by atoms with Crippen LogP contribution in [0.1, 0.15) is 17.2 Å². The zero-order valence-electron chi connectivity index (χ0n) is 11.2. The van der Waals surface area contributed by atoms with E-state index in [0.29, 0.717) is 0 Å². The fourth-order valence-corrected chi connectivity index (χ4v) is 2.59. The molecule has 0 spiro atoms. The van der Waals surface area contributed by atoms with Crippen molar-refractivity contribution in [2.75, 3.05) is 14.1 Å². The first-order chi connectivity index (χ1) is 9.27. The highest BCUT2D eigenvalue weighted by Gasteiger charge is 2.19. The number of aromatic nitrogens is 2. The molecule has 0 bridgehead atoms. The van der Waals surface area contributed by atoms with Crippen LogP contribution >= 0.6 is 0 Å². The fraction of sp³-hybridized carbons (Fsp3) is 0.188. The van der Waals surface area contributed by atoms with Gasteiger partial charge in [0.05, 0.1) is 6.04 Å². The van der Waals surface area contributed by atoms with Gasteiger partial charge >= 0.3 is 0 Å². The van der Waals surface area contributed by atoms with Crippen molar-refractivity contribution in [3.05, 3.63) is 66.0 Å². The molecular weight excluding hydrogens is 234 g/mol. The predicted molar refractivity (Wildman–Crippen MR) is 78.1 cm³/mol. The Morgan fingerprint density at radius 3 is 2.58 bits per heavy atom. The first-order valence-corrected chi connectivity index (χ1v) is 6.41. The molecule has 0 amide bonds. The smallest absolute Gasteiger partial charge is 0.137 e. The van der Waals surface area contributed by atoms with E-state index in [1.165, 1.54) is 16.5 Å². The van der Waals surface area contributed by atoms with Gasteiger partial charge in [-0.2, -0.15) is 0 Å². The first kappa shape index (κ1) is 11.9. The average Bonchev–Trinajstić information content (AvgIpc) is 2.84. The first-order valence-electron chi connectivity index (χ1n) is 6.41. The van der Waals surface area contributed by atoms with E-state index in [9.17, 15) is 0 Å². The van der Waals surface area contributed by atoms with Gasteiger partial charge in [0, 0.05) is 23.3 Å². The average molecular weight is 251 g/mol. The highest BCUT2D eigenvalue weighted by atomic mass is 15.1. The van der Waals surface area contributed by atoms with E-state index in [1.54, 1.807) is 0 Å². The molecule has 1 N–H and O–H groups in total. The molecule has 3 heteroatoms. The maximum absolute atomic E-state index is 4.36. The minimum absolute atomic E-state index is 0.235. The van der Waals surface area contributed by atoms with E-state index >= 15 is 0 Å². The van der Waals surface area contributed by atoms with Crippen LogP contribution in [0.3, 0.4) is 0 Å². The van der Waals surface area contributed by atoms with E-state index in [-0.39, 0.29) is 6.04 Å². The van der Waals surface area contributed by atoms with Crippen LogP contribution < -0.4 is 0 Å². The Morgan fingerprint density at radius 1 is 1.05 bits per heavy atom. The molecule has 3 aromatic rings. The zero-order valence-corrected chi connectivity index (χ0v) is 11.2. The Kier molecular flexibility index (Phi) is 3.05. The summed E-state index contributed by atoms with van der Waals surface area (Å²) in [7, 11) is 4.21. The van der Waals surface area contributed by atoms with Gasteiger partial charge in [0.15, 0.2) is 0 Å². The second-order valence-corrected chi connectivity index (χ2v) is 4.92. The van der Waals surface area contributed by atoms with Crippen LogP contribution in [0.2, 0.25) is 0 Å². The quantitative estimate of drug-likeness (QED) is 0.775. The molecule has 1 atom stereocenters. The van der Waals surface area contributed by atoms with E-state index < -0.39 is 0 Å². The molecule has 0 saturated heterocycles. The lowest BCUT2D eigenvalue weighted by Gasteiger charge is -2.24. The Hall–Kier alpha value is -2.13. The molecule has 2 heterocycles. The Balaban J connectivity index is 2.16. The summed E-state index contributed by atoms with van der Waals surface area (Å²) in [6.07, 6.45) is 3.88. The molecule has 0 saturated carbocycles. The van der Waals surface area contributed by atoms with Crippen molar-refractivity contribution >= 4 is 11.0 Å². The molecule has 3 rings (SSSR count). The number of nitrogens with zero attached hydrogens (tertiary/aromatic N) is 2. The van der Waals surface area contributed by atoms with Crippen molar-refractivity contribution in [3.8, 4) is 0 Å². The minimum atomic E-state index is 0.235. The Labute approximate surface area is 112 Å². The van der Waals surface area contributed by atoms with Gasteiger partial charge in [-0.3, -0.25) is 4.90 Å². The van der Waals surface area contributed by atoms with E-state index in [1.807, 2.05) is 18.3 Å². The molecule has 19 heavy (non-hydrogen) atoms. The van der Waals surface area contributed by atoms with Crippen LogP contribution in [0.4, 0.5) is 0 Å². The summed E-state index contributed by atoms with van der Waals surface area (Å²) >= 11 is 0. The van der Waals surface area contributed by atoms with Crippen LogP contribution in [0, 0.1) is 0 Å². The number of hydrogen-bond donors (Lipinski definition) is 1. The second-order valence-electron chi connectivity index (χ2n) is 4.92. The molecule has 0 aliphatic rings. The molecular formula is C16H17N3. The number of nitrogens with one attached hydrogen (secondary N) is 1. The molecule has 0 aliphatic carbocycles. The van der Waals surface area contributed by atoms with Gasteiger partial charge in [-0.05, 0) is 31.8 Å². The summed E-state index contributed by atoms with van der Waals surface area (Å²) in [4.78, 5) is 9.85. The normalized spacial score (nSPS) is 13.0. The molecule has 0 aliphatic heterocycles. The number of pyridine rings is 1. The monoisotopic (exact) mass is 251 g/mol. The van der Waals surface area contributed by atoms with Gasteiger partial charge < -0.3 is 4.98 Å². The third-order valence-electron chi connectivity index (χ3n) is 3.41. The maximum Gasteiger partial charge on any atom is 0.137 e. The molecule has 3 nitrogen and oxygen atoms in total. The predicted octanol–water partition coefficient (Wildman–Crippen LogP) is 3.21. The Morgan fingerprint density at radius 2 is 1.84 bits per heavy atom. The minimum Gasteiger partial charge on any atom is -0.346 e. The van der Waals surface area contributed by atoms with E-state index in [4.69, 9.17) is 0 Å². The van der Waals surface area contributed by atoms with Crippen molar-refractivity contribution < 1.29 is 0 Å². The van der Waals surface area contributed by atoms with Gasteiger partial charge in [0.1, 0.15) is 5.65 Å². The van der Waals surface area contributed by atoms with Gasteiger partial charge in [0.2, 0.25) is 0 Å². The van der Waals surface area contributed by atoms with E-state index in [2.05, 4.69) is 65.5 Å². The van der Waals surface area contributed by atoms with Crippen LogP contribution in [-0.4, -0.2) is 29.0 Å². The molecule has 96 valence electrons. The highest BCUT2D eigenvalue weighted by Crippen LogP contribution is 2.31. The molecule has 0 fully saturated rings. The summed E-state index contributed by atoms with van der Waals surface area (Å²) in [5.41, 5.74) is 3.50. The van der Waals surface area contributed by atoms with Crippen molar-refractivity contribution in [2.45, 2.75) is 6.04 Å². The summed E-state index contributed by atoms with van der Waals surface area (Å²) in [5, 5.41) is 1.19. The summed E-state index contributed by atoms with van der Waals surface area (Å²) < 4.78 is 0. The van der Waals surface area contributed by atoms with Crippen LogP contribution in [-0.2, 0) is 0 Å². The standard InChI is InChI=1S/C16H17N3/c1-19(2)15(12-7-4-3-5-8-12)14-11-18-16-13(14)9-6-10-17-16/h3-11,15H,1-2H3,(H,17,18). The summed E-state index contributed by atoms with van der Waals surface area (Å²) in [6.45, 7) is 0. The number of fused-ring (bicyclic) bond motifs is 1. The second kappa shape index (κ2) is 4.86. The van der Waals surface area contributed by atoms with Crippen molar-refractivity contribution in [1.29, 1.82) is 0 Å². The van der Waals surface area contributed by atoms with Crippen molar-refractivity contribution in [3.63, 3.8) is 0 Å². The zero-order chi connectivity index (χ0) is 13.2. The van der Waals surface area contributed by atoms with Crippen LogP contribution in [0.15, 0.2) is 54.9 Å². The lowest BCUT2D eigenvalue weighted by atomic mass is 9.98. The SMILES string of the molecule is CN(C)C(c1ccccc1)c1c[nH]c2ncccc12. The molecule has 1 unspecified atom stereocenters. The molecule has 2 aromatic heterocycles. The number of rotatable bonds is 3. The number of aromatic amines is 1. The van der Waals surface area contributed by atoms with Gasteiger partial charge in [0.25, 0.3) is 0 Å². The summed E-state index contributed by atoms with van der Waals surface area (Å²) in [5.74, 6) is 0. The molecule has 1 aromatic carbocycles. The third kappa shape index (κ3) is 2.13. The number of hydrogen-bond acceptors (Lipinski definition) is 2. The van der Waals surface area contributed by atoms with Crippen LogP contribution in [0.25, 0.3) is 11.0 Å². The lowest BCUT2D eigenvalue weighted by molar-refractivity contribution is 0.344. The molecule has 0 radical (unpaired) electrons. The van der Waals surface area contributed by atoms with Crippen molar-refractivity contribution in [1.82, 2.24) is 14.9 Å². The number of H-pyrrole nitrogens is 1. The maximum atomic E-state index is 4.36. The third-order valence-corrected chi connectivity index (χ3v) is 3.41. The largest absolute Gasteiger partial charge is 0.346 e. The summed E-state index contributed by atoms with van der Waals surface area (Å²) in [6, 6.07) is 14.9. The topological polar surface area (TPSA) is 31.9 Å². The van der Waals surface area contributed by atoms with Gasteiger partial charge in [-0.15, -0.1) is 0 Å². The Bertz CT molecular complexity index is 671. The van der Waals surface area contributed by atoms with Crippen LogP contribution in [0.5, 0.6) is 0 Å².